The summed E-state index contributed by atoms with van der Waals surface area (Å²) in [6, 6.07) is 6.66. The molecule has 0 amide bonds. The highest BCUT2D eigenvalue weighted by Gasteiger charge is 2.06. The molecule has 0 radical (unpaired) electrons. The van der Waals surface area contributed by atoms with Gasteiger partial charge in [-0.05, 0) is 24.5 Å². The van der Waals surface area contributed by atoms with Gasteiger partial charge in [0.25, 0.3) is 0 Å². The first-order valence-corrected chi connectivity index (χ1v) is 8.41. The molecule has 0 spiro atoms. The SMILES string of the molecule is CCCCC(CC)COCc1cccc(CNC(C)C)n1. The Morgan fingerprint density at radius 2 is 1.95 bits per heavy atom. The predicted octanol–water partition coefficient (Wildman–Crippen LogP) is 4.31. The van der Waals surface area contributed by atoms with E-state index in [1.165, 1.54) is 25.7 Å². The van der Waals surface area contributed by atoms with Gasteiger partial charge >= 0.3 is 0 Å². The predicted molar refractivity (Wildman–Crippen MR) is 89.2 cm³/mol. The van der Waals surface area contributed by atoms with E-state index in [-0.39, 0.29) is 0 Å². The molecule has 0 aliphatic heterocycles. The average molecular weight is 292 g/mol. The molecule has 0 saturated carbocycles. The number of hydrogen-bond acceptors (Lipinski definition) is 3. The van der Waals surface area contributed by atoms with Gasteiger partial charge in [-0.3, -0.25) is 4.98 Å². The molecular weight excluding hydrogens is 260 g/mol. The van der Waals surface area contributed by atoms with Gasteiger partial charge in [0.2, 0.25) is 0 Å². The smallest absolute Gasteiger partial charge is 0.0888 e. The Bertz CT molecular complexity index is 379. The van der Waals surface area contributed by atoms with Gasteiger partial charge < -0.3 is 10.1 Å². The third kappa shape index (κ3) is 8.18. The Labute approximate surface area is 130 Å². The van der Waals surface area contributed by atoms with Gasteiger partial charge in [-0.25, -0.2) is 0 Å². The van der Waals surface area contributed by atoms with E-state index in [2.05, 4.69) is 50.1 Å². The molecule has 1 N–H and O–H groups in total. The summed E-state index contributed by atoms with van der Waals surface area (Å²) in [6.07, 6.45) is 5.05. The molecule has 21 heavy (non-hydrogen) atoms. The van der Waals surface area contributed by atoms with E-state index >= 15 is 0 Å². The van der Waals surface area contributed by atoms with Crippen LogP contribution in [0.2, 0.25) is 0 Å². The van der Waals surface area contributed by atoms with Crippen LogP contribution in [0.4, 0.5) is 0 Å². The van der Waals surface area contributed by atoms with Crippen LogP contribution in [0, 0.1) is 5.92 Å². The minimum absolute atomic E-state index is 0.482. The van der Waals surface area contributed by atoms with Crippen molar-refractivity contribution in [2.75, 3.05) is 6.61 Å². The number of rotatable bonds is 11. The van der Waals surface area contributed by atoms with Gasteiger partial charge in [-0.1, -0.05) is 53.0 Å². The molecule has 0 aliphatic rings. The molecule has 1 aromatic rings. The van der Waals surface area contributed by atoms with E-state index in [0.29, 0.717) is 18.6 Å². The first-order valence-electron chi connectivity index (χ1n) is 8.41. The molecule has 3 heteroatoms. The first-order chi connectivity index (χ1) is 10.2. The van der Waals surface area contributed by atoms with Crippen molar-refractivity contribution >= 4 is 0 Å². The molecule has 120 valence electrons. The summed E-state index contributed by atoms with van der Waals surface area (Å²) in [5.74, 6) is 0.691. The van der Waals surface area contributed by atoms with Gasteiger partial charge in [0.05, 0.1) is 18.0 Å². The molecule has 1 atom stereocenters. The van der Waals surface area contributed by atoms with Crippen LogP contribution in [0.5, 0.6) is 0 Å². The number of nitrogens with one attached hydrogen (secondary N) is 1. The van der Waals surface area contributed by atoms with Crippen LogP contribution in [-0.2, 0) is 17.9 Å². The summed E-state index contributed by atoms with van der Waals surface area (Å²) >= 11 is 0. The van der Waals surface area contributed by atoms with Gasteiger partial charge in [0.15, 0.2) is 0 Å². The second-order valence-corrected chi connectivity index (χ2v) is 6.09. The van der Waals surface area contributed by atoms with Crippen molar-refractivity contribution in [2.24, 2.45) is 5.92 Å². The van der Waals surface area contributed by atoms with E-state index in [1.54, 1.807) is 0 Å². The quantitative estimate of drug-likeness (QED) is 0.660. The lowest BCUT2D eigenvalue weighted by molar-refractivity contribution is 0.0798. The maximum atomic E-state index is 5.87. The lowest BCUT2D eigenvalue weighted by Crippen LogP contribution is -2.22. The number of ether oxygens (including phenoxy) is 1. The highest BCUT2D eigenvalue weighted by molar-refractivity contribution is 5.10. The van der Waals surface area contributed by atoms with Crippen LogP contribution in [0.3, 0.4) is 0 Å². The number of nitrogens with zero attached hydrogens (tertiary/aromatic N) is 1. The van der Waals surface area contributed by atoms with Crippen molar-refractivity contribution in [3.05, 3.63) is 29.6 Å². The summed E-state index contributed by atoms with van der Waals surface area (Å²) in [5, 5.41) is 3.39. The van der Waals surface area contributed by atoms with Gasteiger partial charge in [-0.2, -0.15) is 0 Å². The van der Waals surface area contributed by atoms with Crippen LogP contribution >= 0.6 is 0 Å². The maximum Gasteiger partial charge on any atom is 0.0888 e. The fraction of sp³-hybridized carbons (Fsp3) is 0.722. The van der Waals surface area contributed by atoms with Crippen molar-refractivity contribution in [1.29, 1.82) is 0 Å². The van der Waals surface area contributed by atoms with Crippen LogP contribution in [-0.4, -0.2) is 17.6 Å². The summed E-state index contributed by atoms with van der Waals surface area (Å²) in [4.78, 5) is 4.64. The van der Waals surface area contributed by atoms with Crippen LogP contribution in [0.1, 0.15) is 64.8 Å². The lowest BCUT2D eigenvalue weighted by Gasteiger charge is -2.14. The number of aromatic nitrogens is 1. The van der Waals surface area contributed by atoms with Crippen molar-refractivity contribution < 1.29 is 4.74 Å². The summed E-state index contributed by atoms with van der Waals surface area (Å²) in [7, 11) is 0. The largest absolute Gasteiger partial charge is 0.375 e. The van der Waals surface area contributed by atoms with Crippen molar-refractivity contribution in [1.82, 2.24) is 10.3 Å². The number of pyridine rings is 1. The molecule has 0 saturated heterocycles. The summed E-state index contributed by atoms with van der Waals surface area (Å²) in [5.41, 5.74) is 2.12. The van der Waals surface area contributed by atoms with Crippen molar-refractivity contribution in [3.8, 4) is 0 Å². The van der Waals surface area contributed by atoms with Gasteiger partial charge in [0, 0.05) is 19.2 Å². The molecule has 1 rings (SSSR count). The molecule has 3 nitrogen and oxygen atoms in total. The van der Waals surface area contributed by atoms with Gasteiger partial charge in [-0.15, -0.1) is 0 Å². The Morgan fingerprint density at radius 3 is 2.62 bits per heavy atom. The fourth-order valence-corrected chi connectivity index (χ4v) is 2.25. The van der Waals surface area contributed by atoms with E-state index in [0.717, 1.165) is 24.5 Å². The number of unbranched alkanes of at least 4 members (excludes halogenated alkanes) is 1. The highest BCUT2D eigenvalue weighted by Crippen LogP contribution is 2.13. The first kappa shape index (κ1) is 18.1. The van der Waals surface area contributed by atoms with E-state index < -0.39 is 0 Å². The third-order valence-corrected chi connectivity index (χ3v) is 3.70. The lowest BCUT2D eigenvalue weighted by atomic mass is 10.0. The third-order valence-electron chi connectivity index (χ3n) is 3.70. The maximum absolute atomic E-state index is 5.87. The standard InChI is InChI=1S/C18H32N2O/c1-5-7-9-16(6-2)13-21-14-18-11-8-10-17(20-18)12-19-15(3)4/h8,10-11,15-16,19H,5-7,9,12-14H2,1-4H3. The van der Waals surface area contributed by atoms with Crippen LogP contribution < -0.4 is 5.32 Å². The highest BCUT2D eigenvalue weighted by atomic mass is 16.5. The molecule has 1 unspecified atom stereocenters. The molecule has 1 aromatic heterocycles. The van der Waals surface area contributed by atoms with E-state index in [4.69, 9.17) is 4.74 Å². The second-order valence-electron chi connectivity index (χ2n) is 6.09. The Kier molecular flexibility index (Phi) is 9.27. The van der Waals surface area contributed by atoms with E-state index in [9.17, 15) is 0 Å². The van der Waals surface area contributed by atoms with Crippen molar-refractivity contribution in [2.45, 2.75) is 72.6 Å². The summed E-state index contributed by atoms with van der Waals surface area (Å²) in [6.45, 7) is 11.1. The zero-order valence-corrected chi connectivity index (χ0v) is 14.2. The minimum Gasteiger partial charge on any atom is -0.375 e. The second kappa shape index (κ2) is 10.7. The van der Waals surface area contributed by atoms with Gasteiger partial charge in [0.1, 0.15) is 0 Å². The molecule has 1 heterocycles. The Hall–Kier alpha value is -0.930. The zero-order valence-electron chi connectivity index (χ0n) is 14.2. The summed E-state index contributed by atoms with van der Waals surface area (Å²) < 4.78 is 5.87. The molecule has 0 bridgehead atoms. The average Bonchev–Trinajstić information content (AvgIpc) is 2.49. The number of hydrogen-bond donors (Lipinski definition) is 1. The zero-order chi connectivity index (χ0) is 15.5. The monoisotopic (exact) mass is 292 g/mol. The molecule has 0 aromatic carbocycles. The van der Waals surface area contributed by atoms with Crippen molar-refractivity contribution in [3.63, 3.8) is 0 Å². The molecule has 0 fully saturated rings. The van der Waals surface area contributed by atoms with E-state index in [1.807, 2.05) is 6.07 Å². The van der Waals surface area contributed by atoms with Crippen LogP contribution in [0.25, 0.3) is 0 Å². The van der Waals surface area contributed by atoms with Crippen LogP contribution in [0.15, 0.2) is 18.2 Å². The topological polar surface area (TPSA) is 34.1 Å². The Morgan fingerprint density at radius 1 is 1.19 bits per heavy atom. The normalized spacial score (nSPS) is 12.8. The molecule has 0 aliphatic carbocycles. The Balaban J connectivity index is 2.35. The molecular formula is C18H32N2O. The minimum atomic E-state index is 0.482. The fourth-order valence-electron chi connectivity index (χ4n) is 2.25.